The van der Waals surface area contributed by atoms with Gasteiger partial charge in [0, 0.05) is 11.0 Å². The summed E-state index contributed by atoms with van der Waals surface area (Å²) in [6, 6.07) is 0. The topological polar surface area (TPSA) is 55.8 Å². The predicted octanol–water partition coefficient (Wildman–Crippen LogP) is 2.34. The molecule has 2 aliphatic heterocycles. The third kappa shape index (κ3) is 1.29. The van der Waals surface area contributed by atoms with E-state index in [0.29, 0.717) is 11.5 Å². The van der Waals surface area contributed by atoms with E-state index in [1.165, 1.54) is 12.8 Å². The highest BCUT2D eigenvalue weighted by Gasteiger charge is 2.76. The van der Waals surface area contributed by atoms with Crippen molar-refractivity contribution < 1.29 is 19.4 Å². The number of ether oxygens (including phenoxy) is 2. The van der Waals surface area contributed by atoms with E-state index in [1.807, 2.05) is 0 Å². The van der Waals surface area contributed by atoms with Crippen LogP contribution in [-0.2, 0) is 14.3 Å². The number of hydrogen-bond donors (Lipinski definition) is 1. The van der Waals surface area contributed by atoms with Crippen LogP contribution in [0.1, 0.15) is 39.5 Å². The predicted molar refractivity (Wildman–Crippen MR) is 67.4 cm³/mol. The van der Waals surface area contributed by atoms with E-state index in [0.717, 1.165) is 18.8 Å². The lowest BCUT2D eigenvalue weighted by atomic mass is 9.43. The van der Waals surface area contributed by atoms with Gasteiger partial charge in [-0.15, -0.1) is 0 Å². The average molecular weight is 264 g/mol. The molecule has 2 saturated heterocycles. The zero-order valence-corrected chi connectivity index (χ0v) is 11.4. The molecule has 2 heterocycles. The zero-order chi connectivity index (χ0) is 13.4. The van der Waals surface area contributed by atoms with E-state index in [2.05, 4.69) is 6.92 Å². The largest absolute Gasteiger partial charge is 0.478 e. The molecule has 19 heavy (non-hydrogen) atoms. The number of carboxylic acid groups (broad SMARTS) is 1. The van der Waals surface area contributed by atoms with Gasteiger partial charge in [0.15, 0.2) is 6.29 Å². The average Bonchev–Trinajstić information content (AvgIpc) is 2.72. The fourth-order valence-electron chi connectivity index (χ4n) is 5.10. The molecule has 0 aromatic rings. The van der Waals surface area contributed by atoms with Gasteiger partial charge in [-0.05, 0) is 57.4 Å². The minimum atomic E-state index is -0.863. The molecule has 0 aromatic carbocycles. The van der Waals surface area contributed by atoms with Gasteiger partial charge in [-0.1, -0.05) is 0 Å². The monoisotopic (exact) mass is 264 g/mol. The molecule has 0 amide bonds. The van der Waals surface area contributed by atoms with Crippen LogP contribution in [0.15, 0.2) is 11.6 Å². The fraction of sp³-hybridized carbons (Fsp3) is 0.800. The molecule has 4 rings (SSSR count). The molecule has 2 saturated carbocycles. The number of aliphatic carboxylic acids is 1. The standard InChI is InChI=1S/C15H20O4/c1-8(12(16)17)5-10-7-15-9-3-4-14(2,11(15)6-9)19-13(15)18-10/h5,9-11,13H,3-4,6-7H2,1-2H3,(H,16,17). The molecule has 0 radical (unpaired) electrons. The highest BCUT2D eigenvalue weighted by molar-refractivity contribution is 5.85. The van der Waals surface area contributed by atoms with Crippen molar-refractivity contribution in [3.05, 3.63) is 11.6 Å². The Bertz CT molecular complexity index is 483. The Hall–Kier alpha value is -0.870. The Morgan fingerprint density at radius 1 is 1.47 bits per heavy atom. The molecule has 0 aromatic heterocycles. The maximum atomic E-state index is 10.9. The first-order valence-corrected chi connectivity index (χ1v) is 7.21. The molecule has 6 atom stereocenters. The van der Waals surface area contributed by atoms with Crippen LogP contribution in [-0.4, -0.2) is 29.1 Å². The van der Waals surface area contributed by atoms with Crippen LogP contribution in [0, 0.1) is 17.3 Å². The van der Waals surface area contributed by atoms with Crippen molar-refractivity contribution in [1.29, 1.82) is 0 Å². The van der Waals surface area contributed by atoms with Crippen LogP contribution in [0.4, 0.5) is 0 Å². The lowest BCUT2D eigenvalue weighted by Gasteiger charge is -2.58. The summed E-state index contributed by atoms with van der Waals surface area (Å²) in [5.74, 6) is 0.478. The summed E-state index contributed by atoms with van der Waals surface area (Å²) >= 11 is 0. The minimum absolute atomic E-state index is 0.00986. The van der Waals surface area contributed by atoms with Crippen LogP contribution >= 0.6 is 0 Å². The Labute approximate surface area is 112 Å². The number of rotatable bonds is 2. The van der Waals surface area contributed by atoms with Gasteiger partial charge in [-0.2, -0.15) is 0 Å². The summed E-state index contributed by atoms with van der Waals surface area (Å²) in [5.41, 5.74) is 0.566. The zero-order valence-electron chi connectivity index (χ0n) is 11.4. The second-order valence-electron chi connectivity index (χ2n) is 6.93. The van der Waals surface area contributed by atoms with Gasteiger partial charge in [0.25, 0.3) is 0 Å². The van der Waals surface area contributed by atoms with Gasteiger partial charge in [0.05, 0.1) is 11.7 Å². The minimum Gasteiger partial charge on any atom is -0.478 e. The molecule has 4 aliphatic rings. The lowest BCUT2D eigenvalue weighted by Crippen LogP contribution is -2.58. The summed E-state index contributed by atoms with van der Waals surface area (Å²) in [6.45, 7) is 3.86. The van der Waals surface area contributed by atoms with E-state index in [9.17, 15) is 4.79 Å². The van der Waals surface area contributed by atoms with Crippen LogP contribution in [0.5, 0.6) is 0 Å². The Kier molecular flexibility index (Phi) is 2.14. The third-order valence-electron chi connectivity index (χ3n) is 6.10. The lowest BCUT2D eigenvalue weighted by molar-refractivity contribution is -0.165. The molecule has 4 nitrogen and oxygen atoms in total. The number of carboxylic acids is 1. The van der Waals surface area contributed by atoms with Crippen LogP contribution in [0.25, 0.3) is 0 Å². The van der Waals surface area contributed by atoms with Crippen LogP contribution < -0.4 is 0 Å². The van der Waals surface area contributed by atoms with Crippen molar-refractivity contribution in [2.75, 3.05) is 0 Å². The molecule has 104 valence electrons. The van der Waals surface area contributed by atoms with Crippen LogP contribution in [0.2, 0.25) is 0 Å². The van der Waals surface area contributed by atoms with Crippen LogP contribution in [0.3, 0.4) is 0 Å². The first kappa shape index (κ1) is 11.9. The molecule has 4 bridgehead atoms. The van der Waals surface area contributed by atoms with E-state index < -0.39 is 5.97 Å². The van der Waals surface area contributed by atoms with Crippen molar-refractivity contribution in [2.45, 2.75) is 57.5 Å². The van der Waals surface area contributed by atoms with E-state index in [1.54, 1.807) is 13.0 Å². The first-order valence-electron chi connectivity index (χ1n) is 7.21. The van der Waals surface area contributed by atoms with Gasteiger partial charge in [0.1, 0.15) is 0 Å². The number of hydrogen-bond acceptors (Lipinski definition) is 3. The van der Waals surface area contributed by atoms with Gasteiger partial charge in [-0.3, -0.25) is 0 Å². The van der Waals surface area contributed by atoms with Crippen molar-refractivity contribution in [3.8, 4) is 0 Å². The Morgan fingerprint density at radius 3 is 2.95 bits per heavy atom. The Balaban J connectivity index is 1.61. The first-order chi connectivity index (χ1) is 8.95. The summed E-state index contributed by atoms with van der Waals surface area (Å²) in [6.07, 6.45) is 6.16. The van der Waals surface area contributed by atoms with Gasteiger partial charge < -0.3 is 14.6 Å². The second-order valence-corrected chi connectivity index (χ2v) is 6.93. The van der Waals surface area contributed by atoms with E-state index in [4.69, 9.17) is 14.6 Å². The summed E-state index contributed by atoms with van der Waals surface area (Å²) < 4.78 is 12.2. The quantitative estimate of drug-likeness (QED) is 0.778. The van der Waals surface area contributed by atoms with E-state index >= 15 is 0 Å². The number of carbonyl (C=O) groups is 1. The summed E-state index contributed by atoms with van der Waals surface area (Å²) in [4.78, 5) is 10.9. The van der Waals surface area contributed by atoms with Gasteiger partial charge >= 0.3 is 5.97 Å². The van der Waals surface area contributed by atoms with Crippen molar-refractivity contribution in [2.24, 2.45) is 17.3 Å². The smallest absolute Gasteiger partial charge is 0.331 e. The van der Waals surface area contributed by atoms with Gasteiger partial charge in [-0.25, -0.2) is 4.79 Å². The molecular formula is C15H20O4. The third-order valence-corrected chi connectivity index (χ3v) is 6.10. The van der Waals surface area contributed by atoms with Crippen molar-refractivity contribution >= 4 is 5.97 Å². The maximum absolute atomic E-state index is 10.9. The normalized spacial score (nSPS) is 54.7. The van der Waals surface area contributed by atoms with E-state index in [-0.39, 0.29) is 23.4 Å². The molecule has 6 unspecified atom stereocenters. The van der Waals surface area contributed by atoms with Crippen molar-refractivity contribution in [1.82, 2.24) is 0 Å². The van der Waals surface area contributed by atoms with Crippen molar-refractivity contribution in [3.63, 3.8) is 0 Å². The molecule has 1 N–H and O–H groups in total. The molecule has 2 aliphatic carbocycles. The fourth-order valence-corrected chi connectivity index (χ4v) is 5.10. The SMILES string of the molecule is CC(=CC1CC23C4CCC(C)(OC2O1)C3C4)C(=O)O. The molecular weight excluding hydrogens is 244 g/mol. The molecule has 1 spiro atoms. The second kappa shape index (κ2) is 3.41. The highest BCUT2D eigenvalue weighted by atomic mass is 16.7. The molecule has 4 heteroatoms. The molecule has 4 fully saturated rings. The maximum Gasteiger partial charge on any atom is 0.331 e. The highest BCUT2D eigenvalue weighted by Crippen LogP contribution is 2.74. The summed E-state index contributed by atoms with van der Waals surface area (Å²) in [5, 5.41) is 8.97. The van der Waals surface area contributed by atoms with Gasteiger partial charge in [0.2, 0.25) is 0 Å². The summed E-state index contributed by atoms with van der Waals surface area (Å²) in [7, 11) is 0. The Morgan fingerprint density at radius 2 is 2.26 bits per heavy atom.